The van der Waals surface area contributed by atoms with Gasteiger partial charge in [-0.25, -0.2) is 4.98 Å². The number of hydrogen-bond donors (Lipinski definition) is 0. The average Bonchev–Trinajstić information content (AvgIpc) is 2.93. The number of nitrogens with zero attached hydrogens (tertiary/aromatic N) is 1. The summed E-state index contributed by atoms with van der Waals surface area (Å²) in [6.45, 7) is 1.11. The molecule has 1 aliphatic carbocycles. The van der Waals surface area contributed by atoms with Crippen molar-refractivity contribution < 1.29 is 14.3 Å². The van der Waals surface area contributed by atoms with E-state index in [-0.39, 0.29) is 5.78 Å². The monoisotopic (exact) mass is 365 g/mol. The number of rotatable bonds is 1. The second-order valence-electron chi connectivity index (χ2n) is 5.05. The number of benzene rings is 1. The smallest absolute Gasteiger partial charge is 0.182 e. The second kappa shape index (κ2) is 5.10. The van der Waals surface area contributed by atoms with Crippen LogP contribution >= 0.6 is 27.3 Å². The third-order valence-electron chi connectivity index (χ3n) is 3.61. The van der Waals surface area contributed by atoms with E-state index in [9.17, 15) is 4.79 Å². The van der Waals surface area contributed by atoms with E-state index in [0.29, 0.717) is 25.3 Å². The largest absolute Gasteiger partial charge is 0.486 e. The lowest BCUT2D eigenvalue weighted by molar-refractivity contribution is 0.0968. The van der Waals surface area contributed by atoms with Crippen molar-refractivity contribution in [3.63, 3.8) is 0 Å². The Balaban J connectivity index is 1.80. The molecule has 0 spiro atoms. The van der Waals surface area contributed by atoms with E-state index in [1.54, 1.807) is 11.3 Å². The third kappa shape index (κ3) is 2.26. The number of carbonyl (C=O) groups excluding carboxylic acids is 1. The lowest BCUT2D eigenvalue weighted by atomic mass is 10.0. The van der Waals surface area contributed by atoms with E-state index in [2.05, 4.69) is 20.9 Å². The van der Waals surface area contributed by atoms with Gasteiger partial charge in [0.2, 0.25) is 0 Å². The first-order valence-corrected chi connectivity index (χ1v) is 8.46. The summed E-state index contributed by atoms with van der Waals surface area (Å²) in [6, 6.07) is 3.91. The SMILES string of the molecule is O=C1CCCc2sc(-c3cc(Br)c4c(c3)OCCO4)nc21. The van der Waals surface area contributed by atoms with Crippen LogP contribution in [0.3, 0.4) is 0 Å². The summed E-state index contributed by atoms with van der Waals surface area (Å²) < 4.78 is 12.1. The molecule has 0 fully saturated rings. The Labute approximate surface area is 134 Å². The third-order valence-corrected chi connectivity index (χ3v) is 5.37. The molecule has 4 rings (SSSR count). The molecule has 0 amide bonds. The summed E-state index contributed by atoms with van der Waals surface area (Å²) in [7, 11) is 0. The maximum atomic E-state index is 11.9. The Bertz CT molecular complexity index is 741. The fraction of sp³-hybridized carbons (Fsp3) is 0.333. The zero-order chi connectivity index (χ0) is 14.4. The molecular formula is C15H12BrNO3S. The standard InChI is InChI=1S/C15H12BrNO3S/c16-9-6-8(7-11-14(9)20-5-4-19-11)15-17-13-10(18)2-1-3-12(13)21-15/h6-7H,1-5H2. The maximum absolute atomic E-state index is 11.9. The van der Waals surface area contributed by atoms with Gasteiger partial charge in [-0.05, 0) is 40.9 Å². The summed E-state index contributed by atoms with van der Waals surface area (Å²) in [5.41, 5.74) is 1.62. The molecule has 0 unspecified atom stereocenters. The minimum atomic E-state index is 0.162. The minimum Gasteiger partial charge on any atom is -0.486 e. The number of fused-ring (bicyclic) bond motifs is 2. The lowest BCUT2D eigenvalue weighted by Gasteiger charge is -2.20. The summed E-state index contributed by atoms with van der Waals surface area (Å²) in [5, 5.41) is 0.868. The highest BCUT2D eigenvalue weighted by Gasteiger charge is 2.24. The Morgan fingerprint density at radius 1 is 1.19 bits per heavy atom. The average molecular weight is 366 g/mol. The van der Waals surface area contributed by atoms with Crippen LogP contribution in [0.25, 0.3) is 10.6 Å². The van der Waals surface area contributed by atoms with Gasteiger partial charge in [0.05, 0.1) is 4.47 Å². The number of aromatic nitrogens is 1. The van der Waals surface area contributed by atoms with E-state index < -0.39 is 0 Å². The molecule has 108 valence electrons. The molecule has 21 heavy (non-hydrogen) atoms. The number of halogens is 1. The van der Waals surface area contributed by atoms with Crippen LogP contribution in [0.5, 0.6) is 11.5 Å². The number of hydrogen-bond acceptors (Lipinski definition) is 5. The van der Waals surface area contributed by atoms with Crippen molar-refractivity contribution in [1.82, 2.24) is 4.98 Å². The van der Waals surface area contributed by atoms with Gasteiger partial charge in [-0.15, -0.1) is 11.3 Å². The van der Waals surface area contributed by atoms with Gasteiger partial charge in [0.25, 0.3) is 0 Å². The highest BCUT2D eigenvalue weighted by atomic mass is 79.9. The minimum absolute atomic E-state index is 0.162. The summed E-state index contributed by atoms with van der Waals surface area (Å²) >= 11 is 5.12. The van der Waals surface area contributed by atoms with Crippen molar-refractivity contribution in [2.24, 2.45) is 0 Å². The van der Waals surface area contributed by atoms with Gasteiger partial charge in [0.1, 0.15) is 23.9 Å². The Kier molecular flexibility index (Phi) is 3.23. The van der Waals surface area contributed by atoms with Crippen molar-refractivity contribution in [3.8, 4) is 22.1 Å². The highest BCUT2D eigenvalue weighted by Crippen LogP contribution is 2.42. The fourth-order valence-electron chi connectivity index (χ4n) is 2.62. The van der Waals surface area contributed by atoms with Gasteiger partial charge in [-0.1, -0.05) is 0 Å². The van der Waals surface area contributed by atoms with E-state index in [4.69, 9.17) is 9.47 Å². The molecular weight excluding hydrogens is 354 g/mol. The van der Waals surface area contributed by atoms with Crippen LogP contribution in [0.15, 0.2) is 16.6 Å². The highest BCUT2D eigenvalue weighted by molar-refractivity contribution is 9.10. The molecule has 6 heteroatoms. The van der Waals surface area contributed by atoms with E-state index in [1.807, 2.05) is 12.1 Å². The van der Waals surface area contributed by atoms with E-state index in [1.165, 1.54) is 0 Å². The summed E-state index contributed by atoms with van der Waals surface area (Å²) in [4.78, 5) is 17.6. The predicted octanol–water partition coefficient (Wildman–Crippen LogP) is 3.86. The van der Waals surface area contributed by atoms with Crippen LogP contribution < -0.4 is 9.47 Å². The number of ether oxygens (including phenoxy) is 2. The van der Waals surface area contributed by atoms with Gasteiger partial charge < -0.3 is 9.47 Å². The quantitative estimate of drug-likeness (QED) is 0.769. The van der Waals surface area contributed by atoms with Crippen molar-refractivity contribution in [2.45, 2.75) is 19.3 Å². The molecule has 0 bridgehead atoms. The number of aryl methyl sites for hydroxylation is 1. The number of Topliss-reactive ketones (excluding diaryl/α,β-unsaturated/α-hetero) is 1. The fourth-order valence-corrected chi connectivity index (χ4v) is 4.29. The maximum Gasteiger partial charge on any atom is 0.182 e. The van der Waals surface area contributed by atoms with Crippen molar-refractivity contribution >= 4 is 33.0 Å². The molecule has 0 atom stereocenters. The van der Waals surface area contributed by atoms with Crippen LogP contribution in [-0.4, -0.2) is 24.0 Å². The first-order chi connectivity index (χ1) is 10.2. The Hall–Kier alpha value is -1.40. The van der Waals surface area contributed by atoms with Crippen LogP contribution in [0.1, 0.15) is 28.2 Å². The molecule has 0 N–H and O–H groups in total. The number of thiazole rings is 1. The van der Waals surface area contributed by atoms with Gasteiger partial charge in [-0.2, -0.15) is 0 Å². The molecule has 2 heterocycles. The summed E-state index contributed by atoms with van der Waals surface area (Å²) in [5.74, 6) is 1.63. The van der Waals surface area contributed by atoms with Gasteiger partial charge >= 0.3 is 0 Å². The molecule has 0 saturated heterocycles. The Morgan fingerprint density at radius 2 is 2.05 bits per heavy atom. The zero-order valence-corrected chi connectivity index (χ0v) is 13.6. The van der Waals surface area contributed by atoms with Crippen molar-refractivity contribution in [1.29, 1.82) is 0 Å². The predicted molar refractivity (Wildman–Crippen MR) is 83.5 cm³/mol. The molecule has 4 nitrogen and oxygen atoms in total. The normalized spacial score (nSPS) is 16.7. The van der Waals surface area contributed by atoms with Gasteiger partial charge in [-0.3, -0.25) is 4.79 Å². The lowest BCUT2D eigenvalue weighted by Crippen LogP contribution is -2.15. The number of ketones is 1. The van der Waals surface area contributed by atoms with Crippen LogP contribution in [0, 0.1) is 0 Å². The molecule has 1 aliphatic heterocycles. The van der Waals surface area contributed by atoms with Crippen molar-refractivity contribution in [3.05, 3.63) is 27.2 Å². The first kappa shape index (κ1) is 13.3. The number of carbonyl (C=O) groups is 1. The van der Waals surface area contributed by atoms with Crippen molar-refractivity contribution in [2.75, 3.05) is 13.2 Å². The zero-order valence-electron chi connectivity index (χ0n) is 11.1. The van der Waals surface area contributed by atoms with E-state index in [0.717, 1.165) is 44.3 Å². The molecule has 2 aromatic rings. The topological polar surface area (TPSA) is 48.4 Å². The van der Waals surface area contributed by atoms with Crippen LogP contribution in [0.2, 0.25) is 0 Å². The Morgan fingerprint density at radius 3 is 2.90 bits per heavy atom. The molecule has 1 aromatic carbocycles. The van der Waals surface area contributed by atoms with E-state index >= 15 is 0 Å². The molecule has 0 radical (unpaired) electrons. The van der Waals surface area contributed by atoms with Crippen LogP contribution in [-0.2, 0) is 6.42 Å². The van der Waals surface area contributed by atoms with Gasteiger partial charge in [0, 0.05) is 16.9 Å². The van der Waals surface area contributed by atoms with Gasteiger partial charge in [0.15, 0.2) is 17.3 Å². The van der Waals surface area contributed by atoms with Crippen LogP contribution in [0.4, 0.5) is 0 Å². The first-order valence-electron chi connectivity index (χ1n) is 6.85. The second-order valence-corrected chi connectivity index (χ2v) is 6.99. The molecule has 0 saturated carbocycles. The molecule has 2 aliphatic rings. The molecule has 1 aromatic heterocycles. The summed E-state index contributed by atoms with van der Waals surface area (Å²) in [6.07, 6.45) is 2.49.